The number of benzene rings is 3. The van der Waals surface area contributed by atoms with E-state index in [4.69, 9.17) is 4.74 Å². The Morgan fingerprint density at radius 1 is 1.15 bits per heavy atom. The molecule has 1 heterocycles. The summed E-state index contributed by atoms with van der Waals surface area (Å²) in [5, 5.41) is 21.9. The highest BCUT2D eigenvalue weighted by Crippen LogP contribution is 2.21. The minimum atomic E-state index is -1.61. The summed E-state index contributed by atoms with van der Waals surface area (Å²) < 4.78 is 34.4. The maximum atomic E-state index is 13.4. The Balaban J connectivity index is 1.24. The van der Waals surface area contributed by atoms with E-state index in [1.807, 2.05) is 25.1 Å². The predicted octanol–water partition coefficient (Wildman–Crippen LogP) is 3.85. The van der Waals surface area contributed by atoms with Gasteiger partial charge in [-0.2, -0.15) is 5.10 Å². The average Bonchev–Trinajstić information content (AvgIpc) is 3.19. The molecule has 0 radical (unpaired) electrons. The molecule has 7 nitrogen and oxygen atoms in total. The molecular formula is C24H25FN4O3S. The SMILES string of the molecule is Cc1[nH]nc2cc(OCCNC[C@H](O)c3cccc(NS(=O)c4cccc(F)c4)c3)ccc12. The van der Waals surface area contributed by atoms with Crippen molar-refractivity contribution in [1.29, 1.82) is 0 Å². The molecule has 0 saturated heterocycles. The average molecular weight is 469 g/mol. The zero-order chi connectivity index (χ0) is 23.2. The van der Waals surface area contributed by atoms with E-state index in [2.05, 4.69) is 20.2 Å². The molecule has 1 aromatic heterocycles. The lowest BCUT2D eigenvalue weighted by atomic mass is 10.1. The molecule has 4 rings (SSSR count). The number of aliphatic hydroxyl groups is 1. The smallest absolute Gasteiger partial charge is 0.150 e. The number of halogens is 1. The molecule has 0 aliphatic heterocycles. The van der Waals surface area contributed by atoms with Crippen molar-refractivity contribution in [2.24, 2.45) is 0 Å². The standard InChI is InChI=1S/C24H25FN4O3S/c1-16-22-9-8-20(14-23(22)28-27-16)32-11-10-26-15-24(30)17-4-2-6-19(12-17)29-33(31)21-7-3-5-18(25)13-21/h2-9,12-14,24,26,29-30H,10-11,15H2,1H3,(H,27,28)/t24-,33?/m0/s1. The van der Waals surface area contributed by atoms with Gasteiger partial charge in [0.2, 0.25) is 0 Å². The number of aliphatic hydroxyl groups excluding tert-OH is 1. The van der Waals surface area contributed by atoms with E-state index in [0.29, 0.717) is 35.8 Å². The largest absolute Gasteiger partial charge is 0.492 e. The third-order valence-corrected chi connectivity index (χ3v) is 6.20. The Kier molecular flexibility index (Phi) is 7.33. The lowest BCUT2D eigenvalue weighted by Crippen LogP contribution is -2.26. The van der Waals surface area contributed by atoms with Crippen LogP contribution in [-0.4, -0.2) is 39.2 Å². The Morgan fingerprint density at radius 2 is 2.00 bits per heavy atom. The van der Waals surface area contributed by atoms with Crippen molar-refractivity contribution in [3.63, 3.8) is 0 Å². The van der Waals surface area contributed by atoms with Gasteiger partial charge >= 0.3 is 0 Å². The van der Waals surface area contributed by atoms with E-state index < -0.39 is 22.9 Å². The second-order valence-corrected chi connectivity index (χ2v) is 8.76. The highest BCUT2D eigenvalue weighted by atomic mass is 32.2. The highest BCUT2D eigenvalue weighted by Gasteiger charge is 2.10. The molecule has 0 aliphatic rings. The number of anilines is 1. The molecule has 4 N–H and O–H groups in total. The van der Waals surface area contributed by atoms with Gasteiger partial charge in [-0.05, 0) is 55.0 Å². The summed E-state index contributed by atoms with van der Waals surface area (Å²) in [6, 6.07) is 18.4. The van der Waals surface area contributed by atoms with E-state index >= 15 is 0 Å². The first-order valence-electron chi connectivity index (χ1n) is 10.5. The van der Waals surface area contributed by atoms with E-state index in [1.54, 1.807) is 30.3 Å². The van der Waals surface area contributed by atoms with E-state index in [1.165, 1.54) is 18.2 Å². The van der Waals surface area contributed by atoms with Gasteiger partial charge in [0.1, 0.15) is 29.2 Å². The maximum Gasteiger partial charge on any atom is 0.150 e. The Hall–Kier alpha value is -3.27. The first-order chi connectivity index (χ1) is 16.0. The van der Waals surface area contributed by atoms with Gasteiger partial charge in [0.15, 0.2) is 0 Å². The van der Waals surface area contributed by atoms with Crippen LogP contribution < -0.4 is 14.8 Å². The summed E-state index contributed by atoms with van der Waals surface area (Å²) in [4.78, 5) is 0.337. The number of nitrogens with zero attached hydrogens (tertiary/aromatic N) is 1. The molecule has 3 aromatic carbocycles. The number of ether oxygens (including phenoxy) is 1. The number of nitrogens with one attached hydrogen (secondary N) is 3. The fraction of sp³-hybridized carbons (Fsp3) is 0.208. The van der Waals surface area contributed by atoms with Crippen LogP contribution in [0.3, 0.4) is 0 Å². The fourth-order valence-corrected chi connectivity index (χ4v) is 4.25. The van der Waals surface area contributed by atoms with Crippen molar-refractivity contribution in [3.8, 4) is 5.75 Å². The zero-order valence-corrected chi connectivity index (χ0v) is 18.9. The number of hydrogen-bond donors (Lipinski definition) is 4. The maximum absolute atomic E-state index is 13.4. The summed E-state index contributed by atoms with van der Waals surface area (Å²) in [5.41, 5.74) is 3.12. The number of aryl methyl sites for hydroxylation is 1. The van der Waals surface area contributed by atoms with Crippen LogP contribution in [0.5, 0.6) is 5.75 Å². The number of aromatic amines is 1. The topological polar surface area (TPSA) is 99.3 Å². The van der Waals surface area contributed by atoms with Gasteiger partial charge in [0.05, 0.1) is 16.5 Å². The molecule has 0 aliphatic carbocycles. The summed E-state index contributed by atoms with van der Waals surface area (Å²) in [6.45, 7) is 3.30. The highest BCUT2D eigenvalue weighted by molar-refractivity contribution is 7.86. The van der Waals surface area contributed by atoms with Crippen molar-refractivity contribution in [3.05, 3.63) is 83.8 Å². The molecule has 0 saturated carbocycles. The van der Waals surface area contributed by atoms with Crippen LogP contribution in [0.1, 0.15) is 17.4 Å². The van der Waals surface area contributed by atoms with Crippen LogP contribution in [0.15, 0.2) is 71.6 Å². The van der Waals surface area contributed by atoms with E-state index in [-0.39, 0.29) is 0 Å². The minimum absolute atomic E-state index is 0.331. The fourth-order valence-electron chi connectivity index (χ4n) is 3.37. The van der Waals surface area contributed by atoms with Crippen molar-refractivity contribution in [2.45, 2.75) is 17.9 Å². The van der Waals surface area contributed by atoms with Crippen LogP contribution in [0.2, 0.25) is 0 Å². The molecule has 1 unspecified atom stereocenters. The Bertz CT molecular complexity index is 1260. The molecule has 0 amide bonds. The summed E-state index contributed by atoms with van der Waals surface area (Å²) in [6.07, 6.45) is -0.752. The third-order valence-electron chi connectivity index (χ3n) is 5.09. The number of H-pyrrole nitrogens is 1. The number of fused-ring (bicyclic) bond motifs is 1. The molecule has 4 aromatic rings. The quantitative estimate of drug-likeness (QED) is 0.265. The monoisotopic (exact) mass is 468 g/mol. The molecule has 33 heavy (non-hydrogen) atoms. The molecule has 0 spiro atoms. The van der Waals surface area contributed by atoms with Gasteiger partial charge in [0.25, 0.3) is 0 Å². The third kappa shape index (κ3) is 5.95. The van der Waals surface area contributed by atoms with Crippen molar-refractivity contribution in [1.82, 2.24) is 15.5 Å². The van der Waals surface area contributed by atoms with Crippen LogP contribution >= 0.6 is 0 Å². The van der Waals surface area contributed by atoms with Crippen LogP contribution in [-0.2, 0) is 11.0 Å². The number of rotatable bonds is 10. The van der Waals surface area contributed by atoms with Crippen molar-refractivity contribution in [2.75, 3.05) is 24.4 Å². The normalized spacial score (nSPS) is 13.1. The molecule has 2 atom stereocenters. The van der Waals surface area contributed by atoms with Crippen LogP contribution in [0.25, 0.3) is 10.9 Å². The Labute approximate surface area is 193 Å². The number of aromatic nitrogens is 2. The summed E-state index contributed by atoms with van der Waals surface area (Å²) in [5.74, 6) is 0.292. The van der Waals surface area contributed by atoms with Crippen LogP contribution in [0, 0.1) is 12.7 Å². The lowest BCUT2D eigenvalue weighted by molar-refractivity contribution is 0.172. The molecular weight excluding hydrogens is 443 g/mol. The second kappa shape index (κ2) is 10.6. The van der Waals surface area contributed by atoms with Gasteiger partial charge < -0.3 is 19.9 Å². The summed E-state index contributed by atoms with van der Waals surface area (Å²) in [7, 11) is -1.61. The zero-order valence-electron chi connectivity index (χ0n) is 18.0. The van der Waals surface area contributed by atoms with Crippen LogP contribution in [0.4, 0.5) is 10.1 Å². The summed E-state index contributed by atoms with van der Waals surface area (Å²) >= 11 is 0. The van der Waals surface area contributed by atoms with E-state index in [9.17, 15) is 13.7 Å². The first kappa shape index (κ1) is 22.9. The van der Waals surface area contributed by atoms with Gasteiger partial charge in [-0.1, -0.05) is 18.2 Å². The van der Waals surface area contributed by atoms with Crippen molar-refractivity contribution < 1.29 is 18.4 Å². The Morgan fingerprint density at radius 3 is 2.85 bits per heavy atom. The van der Waals surface area contributed by atoms with Gasteiger partial charge in [-0.3, -0.25) is 5.10 Å². The predicted molar refractivity (Wildman–Crippen MR) is 127 cm³/mol. The molecule has 172 valence electrons. The van der Waals surface area contributed by atoms with Gasteiger partial charge in [-0.15, -0.1) is 0 Å². The molecule has 9 heteroatoms. The van der Waals surface area contributed by atoms with Gasteiger partial charge in [0, 0.05) is 35.9 Å². The number of hydrogen-bond acceptors (Lipinski definition) is 5. The van der Waals surface area contributed by atoms with Crippen molar-refractivity contribution >= 4 is 27.6 Å². The van der Waals surface area contributed by atoms with Gasteiger partial charge in [-0.25, -0.2) is 8.60 Å². The first-order valence-corrected chi connectivity index (χ1v) is 11.6. The van der Waals surface area contributed by atoms with E-state index in [0.717, 1.165) is 22.3 Å². The lowest BCUT2D eigenvalue weighted by Gasteiger charge is -2.14. The molecule has 0 bridgehead atoms. The minimum Gasteiger partial charge on any atom is -0.492 e. The second-order valence-electron chi connectivity index (χ2n) is 7.55. The molecule has 0 fully saturated rings.